The van der Waals surface area contributed by atoms with Gasteiger partial charge in [-0.05, 0) is 55.3 Å². The van der Waals surface area contributed by atoms with Crippen molar-refractivity contribution in [1.82, 2.24) is 9.55 Å². The molecule has 0 bridgehead atoms. The fourth-order valence-corrected chi connectivity index (χ4v) is 4.57. The van der Waals surface area contributed by atoms with Crippen molar-refractivity contribution in [3.05, 3.63) is 77.1 Å². The van der Waals surface area contributed by atoms with Gasteiger partial charge in [0.25, 0.3) is 0 Å². The zero-order valence-electron chi connectivity index (χ0n) is 22.5. The van der Waals surface area contributed by atoms with Gasteiger partial charge < -0.3 is 24.3 Å². The average molecular weight is 588 g/mol. The largest absolute Gasteiger partial charge is 0.490 e. The number of nitrogens with one attached hydrogen (secondary N) is 1. The highest BCUT2D eigenvalue weighted by molar-refractivity contribution is 5.80. The molecule has 0 spiro atoms. The van der Waals surface area contributed by atoms with E-state index < -0.39 is 30.8 Å². The van der Waals surface area contributed by atoms with Gasteiger partial charge in [-0.3, -0.25) is 4.57 Å². The third-order valence-electron chi connectivity index (χ3n) is 6.58. The Hall–Kier alpha value is -4.81. The molecule has 9 nitrogen and oxygen atoms in total. The van der Waals surface area contributed by atoms with E-state index in [1.165, 1.54) is 12.1 Å². The van der Waals surface area contributed by atoms with Gasteiger partial charge in [-0.25, -0.2) is 14.0 Å². The second kappa shape index (κ2) is 11.6. The Bertz CT molecular complexity index is 1650. The predicted molar refractivity (Wildman–Crippen MR) is 142 cm³/mol. The van der Waals surface area contributed by atoms with Crippen molar-refractivity contribution in [2.24, 2.45) is 0 Å². The molecule has 1 atom stereocenters. The first kappa shape index (κ1) is 28.7. The van der Waals surface area contributed by atoms with Crippen LogP contribution in [0.25, 0.3) is 16.7 Å². The van der Waals surface area contributed by atoms with E-state index >= 15 is 0 Å². The Morgan fingerprint density at radius 1 is 1.14 bits per heavy atom. The minimum absolute atomic E-state index is 0.0412. The number of ether oxygens (including phenoxy) is 4. The normalized spacial score (nSPS) is 14.3. The van der Waals surface area contributed by atoms with Crippen molar-refractivity contribution in [1.29, 1.82) is 0 Å². The number of imidazole rings is 1. The van der Waals surface area contributed by atoms with Gasteiger partial charge in [-0.15, -0.1) is 0 Å². The second-order valence-electron chi connectivity index (χ2n) is 9.33. The Balaban J connectivity index is 1.28. The Kier molecular flexibility index (Phi) is 7.92. The lowest BCUT2D eigenvalue weighted by molar-refractivity contribution is -0.202. The topological polar surface area (TPSA) is 101 Å². The number of benzene rings is 3. The Morgan fingerprint density at radius 3 is 2.71 bits per heavy atom. The van der Waals surface area contributed by atoms with Gasteiger partial charge in [0.15, 0.2) is 12.7 Å². The van der Waals surface area contributed by atoms with E-state index in [1.807, 2.05) is 32.0 Å². The SMILES string of the molecule is CCOc1nc2ccc(F)cc2n1-c1cccc(CNc2ccc3c(c2)OC[C@H]3OC(=O)COC(=O)C(F)(F)F)c1C. The highest BCUT2D eigenvalue weighted by Gasteiger charge is 2.41. The molecule has 0 unspecified atom stereocenters. The summed E-state index contributed by atoms with van der Waals surface area (Å²) in [4.78, 5) is 27.2. The van der Waals surface area contributed by atoms with Crippen molar-refractivity contribution >= 4 is 28.7 Å². The van der Waals surface area contributed by atoms with Gasteiger partial charge in [0.05, 0.1) is 23.3 Å². The molecular formula is C29H25F4N3O6. The fraction of sp³-hybridized carbons (Fsp3) is 0.276. The zero-order chi connectivity index (χ0) is 30.0. The zero-order valence-corrected chi connectivity index (χ0v) is 22.5. The molecule has 0 aliphatic carbocycles. The van der Waals surface area contributed by atoms with Crippen LogP contribution in [0, 0.1) is 12.7 Å². The summed E-state index contributed by atoms with van der Waals surface area (Å²) < 4.78 is 73.1. The first-order valence-electron chi connectivity index (χ1n) is 12.9. The number of nitrogens with zero attached hydrogens (tertiary/aromatic N) is 2. The van der Waals surface area contributed by atoms with Crippen molar-refractivity contribution in [3.8, 4) is 17.4 Å². The van der Waals surface area contributed by atoms with Crippen molar-refractivity contribution in [3.63, 3.8) is 0 Å². The van der Waals surface area contributed by atoms with Crippen LogP contribution in [0.2, 0.25) is 0 Å². The molecule has 0 amide bonds. The summed E-state index contributed by atoms with van der Waals surface area (Å²) in [5.41, 5.74) is 5.07. The van der Waals surface area contributed by atoms with Crippen LogP contribution >= 0.6 is 0 Å². The molecule has 1 aliphatic heterocycles. The Morgan fingerprint density at radius 2 is 1.95 bits per heavy atom. The highest BCUT2D eigenvalue weighted by atomic mass is 19.4. The molecule has 13 heteroatoms. The smallest absolute Gasteiger partial charge is 0.489 e. The number of esters is 2. The number of hydrogen-bond donors (Lipinski definition) is 1. The number of fused-ring (bicyclic) bond motifs is 2. The molecule has 0 saturated carbocycles. The van der Waals surface area contributed by atoms with Crippen LogP contribution in [0.1, 0.15) is 29.7 Å². The van der Waals surface area contributed by atoms with Gasteiger partial charge >= 0.3 is 24.1 Å². The van der Waals surface area contributed by atoms with Gasteiger partial charge in [0.2, 0.25) is 0 Å². The molecule has 1 aromatic heterocycles. The summed E-state index contributed by atoms with van der Waals surface area (Å²) >= 11 is 0. The molecule has 0 saturated heterocycles. The molecule has 1 N–H and O–H groups in total. The van der Waals surface area contributed by atoms with Crippen molar-refractivity contribution in [2.75, 3.05) is 25.1 Å². The van der Waals surface area contributed by atoms with Crippen LogP contribution in [0.15, 0.2) is 54.6 Å². The number of rotatable bonds is 9. The quantitative estimate of drug-likeness (QED) is 0.201. The number of alkyl halides is 3. The van der Waals surface area contributed by atoms with E-state index in [1.54, 1.807) is 28.8 Å². The molecule has 3 aromatic carbocycles. The molecule has 0 radical (unpaired) electrons. The predicted octanol–water partition coefficient (Wildman–Crippen LogP) is 5.57. The fourth-order valence-electron chi connectivity index (χ4n) is 4.57. The maximum Gasteiger partial charge on any atom is 0.490 e. The lowest BCUT2D eigenvalue weighted by Crippen LogP contribution is -2.28. The van der Waals surface area contributed by atoms with Gasteiger partial charge in [0.1, 0.15) is 18.2 Å². The maximum atomic E-state index is 14.1. The van der Waals surface area contributed by atoms with E-state index in [2.05, 4.69) is 15.0 Å². The number of anilines is 1. The highest BCUT2D eigenvalue weighted by Crippen LogP contribution is 2.37. The number of aromatic nitrogens is 2. The van der Waals surface area contributed by atoms with E-state index in [4.69, 9.17) is 14.2 Å². The van der Waals surface area contributed by atoms with Crippen LogP contribution in [0.3, 0.4) is 0 Å². The first-order chi connectivity index (χ1) is 20.0. The summed E-state index contributed by atoms with van der Waals surface area (Å²) in [6.07, 6.45) is -6.06. The molecule has 5 rings (SSSR count). The maximum absolute atomic E-state index is 14.1. The first-order valence-corrected chi connectivity index (χ1v) is 12.9. The minimum Gasteiger partial charge on any atom is -0.489 e. The van der Waals surface area contributed by atoms with Crippen LogP contribution in [0.5, 0.6) is 11.8 Å². The lowest BCUT2D eigenvalue weighted by Gasteiger charge is -2.16. The van der Waals surface area contributed by atoms with E-state index in [0.717, 1.165) is 16.8 Å². The van der Waals surface area contributed by atoms with Crippen molar-refractivity contribution < 1.29 is 46.1 Å². The van der Waals surface area contributed by atoms with E-state index in [0.29, 0.717) is 47.2 Å². The van der Waals surface area contributed by atoms with Crippen LogP contribution in [-0.2, 0) is 25.6 Å². The lowest BCUT2D eigenvalue weighted by atomic mass is 10.1. The molecule has 0 fully saturated rings. The van der Waals surface area contributed by atoms with Crippen molar-refractivity contribution in [2.45, 2.75) is 32.7 Å². The molecular weight excluding hydrogens is 562 g/mol. The monoisotopic (exact) mass is 587 g/mol. The summed E-state index contributed by atoms with van der Waals surface area (Å²) in [5.74, 6) is -3.56. The van der Waals surface area contributed by atoms with Gasteiger partial charge in [0, 0.05) is 29.9 Å². The Labute approximate surface area is 236 Å². The van der Waals surface area contributed by atoms with E-state index in [-0.39, 0.29) is 12.4 Å². The molecule has 1 aliphatic rings. The summed E-state index contributed by atoms with van der Waals surface area (Å²) in [7, 11) is 0. The average Bonchev–Trinajstić information content (AvgIpc) is 3.51. The standard InChI is InChI=1S/C29H25F4N3O6/c1-3-39-28-35-21-10-7-18(30)11-23(21)36(28)22-6-4-5-17(16(22)2)13-34-19-8-9-20-24(12-19)40-14-25(20)42-26(37)15-41-27(38)29(31,32)33/h4-12,25,34H,3,13-15H2,1-2H3/t25-/m1/s1. The molecule has 2 heterocycles. The third kappa shape index (κ3) is 5.94. The number of halogens is 4. The van der Waals surface area contributed by atoms with Gasteiger partial charge in [-0.2, -0.15) is 18.2 Å². The van der Waals surface area contributed by atoms with Crippen LogP contribution in [-0.4, -0.2) is 47.5 Å². The molecule has 220 valence electrons. The number of hydrogen-bond acceptors (Lipinski definition) is 8. The van der Waals surface area contributed by atoms with Crippen LogP contribution in [0.4, 0.5) is 23.2 Å². The second-order valence-corrected chi connectivity index (χ2v) is 9.33. The summed E-state index contributed by atoms with van der Waals surface area (Å²) in [5, 5.41) is 3.32. The minimum atomic E-state index is -5.20. The summed E-state index contributed by atoms with van der Waals surface area (Å²) in [6.45, 7) is 3.40. The van der Waals surface area contributed by atoms with E-state index in [9.17, 15) is 27.2 Å². The molecule has 4 aromatic rings. The number of carbonyl (C=O) groups excluding carboxylic acids is 2. The third-order valence-corrected chi connectivity index (χ3v) is 6.58. The van der Waals surface area contributed by atoms with Crippen LogP contribution < -0.4 is 14.8 Å². The number of carbonyl (C=O) groups is 2. The van der Waals surface area contributed by atoms with Gasteiger partial charge in [-0.1, -0.05) is 12.1 Å². The molecule has 42 heavy (non-hydrogen) atoms. The summed E-state index contributed by atoms with van der Waals surface area (Å²) in [6, 6.07) is 15.6.